The van der Waals surface area contributed by atoms with Gasteiger partial charge in [-0.05, 0) is 32.9 Å². The van der Waals surface area contributed by atoms with Gasteiger partial charge in [0.05, 0.1) is 13.2 Å². The van der Waals surface area contributed by atoms with Crippen LogP contribution in [0.3, 0.4) is 0 Å². The number of esters is 1. The van der Waals surface area contributed by atoms with E-state index in [0.717, 1.165) is 11.4 Å². The Balaban J connectivity index is 2.61. The zero-order chi connectivity index (χ0) is 12.7. The number of carbonyl (C=O) groups excluding carboxylic acids is 1. The Morgan fingerprint density at radius 2 is 2.12 bits per heavy atom. The standard InChI is InChI=1S/C13H19NO3/c1-4-16-12-8-6-7-11(9-12)14-10(3)13(15)17-5-2/h6-10,14H,4-5H2,1-3H3. The van der Waals surface area contributed by atoms with Crippen LogP contribution in [0.2, 0.25) is 0 Å². The molecule has 1 aromatic rings. The van der Waals surface area contributed by atoms with Crippen molar-refractivity contribution in [1.29, 1.82) is 0 Å². The van der Waals surface area contributed by atoms with Crippen LogP contribution in [0.15, 0.2) is 24.3 Å². The van der Waals surface area contributed by atoms with Crippen molar-refractivity contribution < 1.29 is 14.3 Å². The molecule has 0 radical (unpaired) electrons. The van der Waals surface area contributed by atoms with Crippen LogP contribution in [0.4, 0.5) is 5.69 Å². The minimum Gasteiger partial charge on any atom is -0.494 e. The van der Waals surface area contributed by atoms with Crippen molar-refractivity contribution in [2.75, 3.05) is 18.5 Å². The molecule has 1 atom stereocenters. The van der Waals surface area contributed by atoms with Crippen LogP contribution < -0.4 is 10.1 Å². The van der Waals surface area contributed by atoms with E-state index in [4.69, 9.17) is 9.47 Å². The molecule has 17 heavy (non-hydrogen) atoms. The first kappa shape index (κ1) is 13.4. The van der Waals surface area contributed by atoms with Crippen molar-refractivity contribution in [3.63, 3.8) is 0 Å². The number of anilines is 1. The highest BCUT2D eigenvalue weighted by Crippen LogP contribution is 2.18. The molecule has 0 aromatic heterocycles. The zero-order valence-corrected chi connectivity index (χ0v) is 10.5. The molecule has 0 bridgehead atoms. The first-order valence-corrected chi connectivity index (χ1v) is 5.83. The molecule has 1 aromatic carbocycles. The fourth-order valence-corrected chi connectivity index (χ4v) is 1.42. The third-order valence-corrected chi connectivity index (χ3v) is 2.17. The SMILES string of the molecule is CCOC(=O)C(C)Nc1cccc(OCC)c1. The molecule has 0 spiro atoms. The summed E-state index contributed by atoms with van der Waals surface area (Å²) in [6, 6.07) is 7.14. The third kappa shape index (κ3) is 4.34. The van der Waals surface area contributed by atoms with Crippen LogP contribution in [0.1, 0.15) is 20.8 Å². The molecule has 0 saturated heterocycles. The second-order valence-electron chi connectivity index (χ2n) is 3.58. The zero-order valence-electron chi connectivity index (χ0n) is 10.5. The largest absolute Gasteiger partial charge is 0.494 e. The predicted molar refractivity (Wildman–Crippen MR) is 67.3 cm³/mol. The van der Waals surface area contributed by atoms with Gasteiger partial charge in [0.1, 0.15) is 11.8 Å². The highest BCUT2D eigenvalue weighted by Gasteiger charge is 2.13. The minimum absolute atomic E-state index is 0.255. The lowest BCUT2D eigenvalue weighted by molar-refractivity contribution is -0.143. The second-order valence-corrected chi connectivity index (χ2v) is 3.58. The Kier molecular flexibility index (Phi) is 5.33. The maximum Gasteiger partial charge on any atom is 0.328 e. The van der Waals surface area contributed by atoms with Crippen LogP contribution in [-0.2, 0) is 9.53 Å². The second kappa shape index (κ2) is 6.78. The Bertz CT molecular complexity index is 365. The molecule has 94 valence electrons. The molecular weight excluding hydrogens is 218 g/mol. The van der Waals surface area contributed by atoms with Crippen molar-refractivity contribution in [2.45, 2.75) is 26.8 Å². The van der Waals surface area contributed by atoms with Crippen molar-refractivity contribution in [2.24, 2.45) is 0 Å². The molecule has 0 aliphatic carbocycles. The van der Waals surface area contributed by atoms with Gasteiger partial charge < -0.3 is 14.8 Å². The van der Waals surface area contributed by atoms with Gasteiger partial charge in [0.15, 0.2) is 0 Å². The average molecular weight is 237 g/mol. The van der Waals surface area contributed by atoms with Gasteiger partial charge in [-0.3, -0.25) is 0 Å². The maximum atomic E-state index is 11.4. The van der Waals surface area contributed by atoms with Crippen LogP contribution in [0, 0.1) is 0 Å². The Morgan fingerprint density at radius 3 is 2.76 bits per heavy atom. The van der Waals surface area contributed by atoms with E-state index < -0.39 is 0 Å². The van der Waals surface area contributed by atoms with Gasteiger partial charge in [-0.15, -0.1) is 0 Å². The van der Waals surface area contributed by atoms with Gasteiger partial charge in [-0.2, -0.15) is 0 Å². The van der Waals surface area contributed by atoms with E-state index in [0.29, 0.717) is 13.2 Å². The molecule has 0 saturated carbocycles. The van der Waals surface area contributed by atoms with E-state index in [9.17, 15) is 4.79 Å². The number of hydrogen-bond donors (Lipinski definition) is 1. The van der Waals surface area contributed by atoms with Crippen molar-refractivity contribution in [3.8, 4) is 5.75 Å². The first-order valence-electron chi connectivity index (χ1n) is 5.83. The van der Waals surface area contributed by atoms with Crippen molar-refractivity contribution in [1.82, 2.24) is 0 Å². The number of hydrogen-bond acceptors (Lipinski definition) is 4. The van der Waals surface area contributed by atoms with E-state index in [2.05, 4.69) is 5.32 Å². The third-order valence-electron chi connectivity index (χ3n) is 2.17. The minimum atomic E-state index is -0.369. The summed E-state index contributed by atoms with van der Waals surface area (Å²) in [5.41, 5.74) is 0.844. The van der Waals surface area contributed by atoms with Crippen LogP contribution >= 0.6 is 0 Å². The number of ether oxygens (including phenoxy) is 2. The molecule has 4 nitrogen and oxygen atoms in total. The summed E-state index contributed by atoms with van der Waals surface area (Å²) in [4.78, 5) is 11.4. The quantitative estimate of drug-likeness (QED) is 0.772. The molecule has 0 amide bonds. The molecule has 4 heteroatoms. The highest BCUT2D eigenvalue weighted by atomic mass is 16.5. The monoisotopic (exact) mass is 237 g/mol. The molecule has 0 heterocycles. The topological polar surface area (TPSA) is 47.6 Å². The van der Waals surface area contributed by atoms with Gasteiger partial charge in [-0.1, -0.05) is 6.07 Å². The number of carbonyl (C=O) groups is 1. The summed E-state index contributed by atoms with van der Waals surface area (Å²) in [6.45, 7) is 6.51. The van der Waals surface area contributed by atoms with Crippen molar-refractivity contribution >= 4 is 11.7 Å². The molecule has 1 rings (SSSR count). The van der Waals surface area contributed by atoms with E-state index in [1.54, 1.807) is 13.8 Å². The van der Waals surface area contributed by atoms with Crippen LogP contribution in [-0.4, -0.2) is 25.2 Å². The summed E-state index contributed by atoms with van der Waals surface area (Å²) in [7, 11) is 0. The molecule has 0 fully saturated rings. The lowest BCUT2D eigenvalue weighted by Gasteiger charge is -2.14. The van der Waals surface area contributed by atoms with Gasteiger partial charge >= 0.3 is 5.97 Å². The lowest BCUT2D eigenvalue weighted by atomic mass is 10.2. The van der Waals surface area contributed by atoms with Gasteiger partial charge in [-0.25, -0.2) is 4.79 Å². The first-order chi connectivity index (χ1) is 8.17. The molecule has 0 aliphatic heterocycles. The highest BCUT2D eigenvalue weighted by molar-refractivity contribution is 5.78. The van der Waals surface area contributed by atoms with E-state index in [1.807, 2.05) is 31.2 Å². The van der Waals surface area contributed by atoms with Gasteiger partial charge in [0.2, 0.25) is 0 Å². The van der Waals surface area contributed by atoms with Crippen LogP contribution in [0.5, 0.6) is 5.75 Å². The lowest BCUT2D eigenvalue weighted by Crippen LogP contribution is -2.28. The Hall–Kier alpha value is -1.71. The summed E-state index contributed by atoms with van der Waals surface area (Å²) in [6.07, 6.45) is 0. The van der Waals surface area contributed by atoms with Crippen LogP contribution in [0.25, 0.3) is 0 Å². The summed E-state index contributed by atoms with van der Waals surface area (Å²) in [5.74, 6) is 0.530. The molecular formula is C13H19NO3. The average Bonchev–Trinajstić information content (AvgIpc) is 2.30. The summed E-state index contributed by atoms with van der Waals surface area (Å²) >= 11 is 0. The smallest absolute Gasteiger partial charge is 0.328 e. The molecule has 0 aliphatic rings. The Labute approximate surface area is 102 Å². The summed E-state index contributed by atoms with van der Waals surface area (Å²) < 4.78 is 10.3. The number of nitrogens with one attached hydrogen (secondary N) is 1. The molecule has 1 N–H and O–H groups in total. The number of benzene rings is 1. The fraction of sp³-hybridized carbons (Fsp3) is 0.462. The van der Waals surface area contributed by atoms with E-state index in [-0.39, 0.29) is 12.0 Å². The van der Waals surface area contributed by atoms with E-state index >= 15 is 0 Å². The van der Waals surface area contributed by atoms with Crippen molar-refractivity contribution in [3.05, 3.63) is 24.3 Å². The summed E-state index contributed by atoms with van der Waals surface area (Å²) in [5, 5.41) is 3.07. The normalized spacial score (nSPS) is 11.7. The predicted octanol–water partition coefficient (Wildman–Crippen LogP) is 2.45. The number of rotatable bonds is 6. The van der Waals surface area contributed by atoms with Gasteiger partial charge in [0.25, 0.3) is 0 Å². The van der Waals surface area contributed by atoms with Gasteiger partial charge in [0, 0.05) is 11.8 Å². The fourth-order valence-electron chi connectivity index (χ4n) is 1.42. The van der Waals surface area contributed by atoms with E-state index in [1.165, 1.54) is 0 Å². The molecule has 1 unspecified atom stereocenters. The maximum absolute atomic E-state index is 11.4. The Morgan fingerprint density at radius 1 is 1.35 bits per heavy atom.